The molecule has 0 saturated carbocycles. The summed E-state index contributed by atoms with van der Waals surface area (Å²) < 4.78 is 5.26. The number of nitrogens with one attached hydrogen (secondary N) is 1. The largest absolute Gasteiger partial charge is 0.389 e. The fourth-order valence-corrected chi connectivity index (χ4v) is 1.14. The van der Waals surface area contributed by atoms with E-state index in [1.807, 2.05) is 27.7 Å². The normalized spacial score (nSPS) is 15.1. The van der Waals surface area contributed by atoms with Gasteiger partial charge in [-0.25, -0.2) is 0 Å². The Morgan fingerprint density at radius 3 is 2.35 bits per heavy atom. The van der Waals surface area contributed by atoms with E-state index >= 15 is 0 Å². The second-order valence-corrected chi connectivity index (χ2v) is 5.10. The average Bonchev–Trinajstić information content (AvgIpc) is 2.24. The van der Waals surface area contributed by atoms with Crippen molar-refractivity contribution in [1.82, 2.24) is 5.32 Å². The van der Waals surface area contributed by atoms with Gasteiger partial charge < -0.3 is 20.9 Å². The van der Waals surface area contributed by atoms with Crippen LogP contribution >= 0.6 is 0 Å². The van der Waals surface area contributed by atoms with Gasteiger partial charge in [0.25, 0.3) is 0 Å². The lowest BCUT2D eigenvalue weighted by molar-refractivity contribution is -0.123. The number of rotatable bonds is 8. The summed E-state index contributed by atoms with van der Waals surface area (Å²) in [6, 6.07) is -0.529. The summed E-state index contributed by atoms with van der Waals surface area (Å²) in [7, 11) is 0. The molecule has 0 heterocycles. The summed E-state index contributed by atoms with van der Waals surface area (Å²) in [6.07, 6.45) is -0.683. The molecule has 0 spiro atoms. The maximum Gasteiger partial charge on any atom is 0.237 e. The molecule has 17 heavy (non-hydrogen) atoms. The highest BCUT2D eigenvalue weighted by Crippen LogP contribution is 1.98. The maximum absolute atomic E-state index is 11.5. The molecule has 0 aliphatic carbocycles. The molecule has 5 heteroatoms. The molecule has 0 radical (unpaired) electrons. The molecule has 2 atom stereocenters. The van der Waals surface area contributed by atoms with Crippen molar-refractivity contribution in [2.75, 3.05) is 19.8 Å². The Hall–Kier alpha value is -0.650. The van der Waals surface area contributed by atoms with Crippen molar-refractivity contribution in [3.63, 3.8) is 0 Å². The van der Waals surface area contributed by atoms with E-state index in [0.717, 1.165) is 0 Å². The van der Waals surface area contributed by atoms with Gasteiger partial charge in [-0.1, -0.05) is 27.7 Å². The molecule has 4 N–H and O–H groups in total. The monoisotopic (exact) mass is 246 g/mol. The first kappa shape index (κ1) is 16.4. The van der Waals surface area contributed by atoms with Gasteiger partial charge >= 0.3 is 0 Å². The highest BCUT2D eigenvalue weighted by molar-refractivity contribution is 5.81. The Bertz CT molecular complexity index is 220. The fourth-order valence-electron chi connectivity index (χ4n) is 1.14. The Kier molecular flexibility index (Phi) is 8.12. The van der Waals surface area contributed by atoms with E-state index in [-0.39, 0.29) is 25.0 Å². The summed E-state index contributed by atoms with van der Waals surface area (Å²) in [5.74, 6) is 0.290. The third kappa shape index (κ3) is 8.12. The number of hydrogen-bond donors (Lipinski definition) is 3. The Morgan fingerprint density at radius 1 is 1.29 bits per heavy atom. The minimum absolute atomic E-state index is 0.0873. The van der Waals surface area contributed by atoms with E-state index in [9.17, 15) is 9.90 Å². The molecule has 0 bridgehead atoms. The topological polar surface area (TPSA) is 84.6 Å². The maximum atomic E-state index is 11.5. The van der Waals surface area contributed by atoms with Crippen LogP contribution in [0.15, 0.2) is 0 Å². The number of amides is 1. The van der Waals surface area contributed by atoms with Crippen LogP contribution in [0.1, 0.15) is 27.7 Å². The van der Waals surface area contributed by atoms with Crippen LogP contribution in [0, 0.1) is 11.8 Å². The van der Waals surface area contributed by atoms with Gasteiger partial charge in [0.05, 0.1) is 18.8 Å². The number of aliphatic hydroxyl groups is 1. The van der Waals surface area contributed by atoms with E-state index in [0.29, 0.717) is 12.5 Å². The fraction of sp³-hybridized carbons (Fsp3) is 0.917. The lowest BCUT2D eigenvalue weighted by Gasteiger charge is -2.17. The van der Waals surface area contributed by atoms with Crippen molar-refractivity contribution in [3.05, 3.63) is 0 Å². The average molecular weight is 246 g/mol. The zero-order chi connectivity index (χ0) is 13.4. The van der Waals surface area contributed by atoms with Crippen molar-refractivity contribution in [2.24, 2.45) is 17.6 Å². The molecule has 5 nitrogen and oxygen atoms in total. The standard InChI is InChI=1S/C12H26N2O3/c1-8(2)6-17-7-10(15)5-14-12(16)11(13)9(3)4/h8-11,15H,5-7,13H2,1-4H3,(H,14,16)/t10?,11-/m0/s1. The second-order valence-electron chi connectivity index (χ2n) is 5.10. The predicted molar refractivity (Wildman–Crippen MR) is 67.5 cm³/mol. The number of carbonyl (C=O) groups excluding carboxylic acids is 1. The molecule has 1 amide bonds. The molecule has 0 rings (SSSR count). The molecular formula is C12H26N2O3. The molecule has 0 aromatic heterocycles. The van der Waals surface area contributed by atoms with Crippen LogP contribution in [0.2, 0.25) is 0 Å². The number of ether oxygens (including phenoxy) is 1. The molecule has 102 valence electrons. The zero-order valence-corrected chi connectivity index (χ0v) is 11.3. The molecule has 0 aliphatic heterocycles. The highest BCUT2D eigenvalue weighted by atomic mass is 16.5. The Morgan fingerprint density at radius 2 is 1.88 bits per heavy atom. The van der Waals surface area contributed by atoms with E-state index in [1.54, 1.807) is 0 Å². The Labute approximate surface area is 104 Å². The summed E-state index contributed by atoms with van der Waals surface area (Å²) in [5, 5.41) is 12.2. The number of carbonyl (C=O) groups is 1. The molecule has 0 saturated heterocycles. The number of nitrogens with two attached hydrogens (primary N) is 1. The third-order valence-corrected chi connectivity index (χ3v) is 2.29. The summed E-state index contributed by atoms with van der Waals surface area (Å²) in [5.41, 5.74) is 5.66. The van der Waals surface area contributed by atoms with Crippen LogP contribution in [0.25, 0.3) is 0 Å². The van der Waals surface area contributed by atoms with Crippen molar-refractivity contribution in [3.8, 4) is 0 Å². The third-order valence-electron chi connectivity index (χ3n) is 2.29. The highest BCUT2D eigenvalue weighted by Gasteiger charge is 2.17. The van der Waals surface area contributed by atoms with Crippen LogP contribution in [-0.4, -0.2) is 42.9 Å². The van der Waals surface area contributed by atoms with Gasteiger partial charge in [0.2, 0.25) is 5.91 Å². The van der Waals surface area contributed by atoms with Gasteiger partial charge in [0, 0.05) is 13.2 Å². The quantitative estimate of drug-likeness (QED) is 0.568. The summed E-state index contributed by atoms with van der Waals surface area (Å²) in [6.45, 7) is 8.85. The first-order chi connectivity index (χ1) is 7.84. The first-order valence-electron chi connectivity index (χ1n) is 6.13. The summed E-state index contributed by atoms with van der Waals surface area (Å²) >= 11 is 0. The van der Waals surface area contributed by atoms with E-state index < -0.39 is 12.1 Å². The molecule has 1 unspecified atom stereocenters. The van der Waals surface area contributed by atoms with Gasteiger partial charge in [0.15, 0.2) is 0 Å². The van der Waals surface area contributed by atoms with Crippen molar-refractivity contribution >= 4 is 5.91 Å². The second kappa shape index (κ2) is 8.44. The molecule has 0 aromatic rings. The van der Waals surface area contributed by atoms with Crippen LogP contribution < -0.4 is 11.1 Å². The lowest BCUT2D eigenvalue weighted by atomic mass is 10.1. The van der Waals surface area contributed by atoms with Gasteiger partial charge in [-0.2, -0.15) is 0 Å². The van der Waals surface area contributed by atoms with Gasteiger partial charge in [-0.05, 0) is 11.8 Å². The van der Waals surface area contributed by atoms with Gasteiger partial charge in [-0.3, -0.25) is 4.79 Å². The van der Waals surface area contributed by atoms with Crippen molar-refractivity contribution in [2.45, 2.75) is 39.8 Å². The van der Waals surface area contributed by atoms with Crippen molar-refractivity contribution in [1.29, 1.82) is 0 Å². The molecule has 0 aliphatic rings. The molecule has 0 aromatic carbocycles. The predicted octanol–water partition coefficient (Wildman–Crippen LogP) is 0.119. The van der Waals surface area contributed by atoms with Crippen LogP contribution in [0.3, 0.4) is 0 Å². The Balaban J connectivity index is 3.69. The number of hydrogen-bond acceptors (Lipinski definition) is 4. The van der Waals surface area contributed by atoms with Crippen LogP contribution in [0.4, 0.5) is 0 Å². The lowest BCUT2D eigenvalue weighted by Crippen LogP contribution is -2.46. The van der Waals surface area contributed by atoms with Crippen molar-refractivity contribution < 1.29 is 14.6 Å². The van der Waals surface area contributed by atoms with Gasteiger partial charge in [0.1, 0.15) is 0 Å². The summed E-state index contributed by atoms with van der Waals surface area (Å²) in [4.78, 5) is 11.5. The minimum Gasteiger partial charge on any atom is -0.389 e. The van der Waals surface area contributed by atoms with E-state index in [4.69, 9.17) is 10.5 Å². The van der Waals surface area contributed by atoms with Crippen LogP contribution in [0.5, 0.6) is 0 Å². The van der Waals surface area contributed by atoms with E-state index in [2.05, 4.69) is 5.32 Å². The molecular weight excluding hydrogens is 220 g/mol. The van der Waals surface area contributed by atoms with E-state index in [1.165, 1.54) is 0 Å². The SMILES string of the molecule is CC(C)COCC(O)CNC(=O)[C@@H](N)C(C)C. The number of aliphatic hydroxyl groups excluding tert-OH is 1. The zero-order valence-electron chi connectivity index (χ0n) is 11.3. The molecule has 0 fully saturated rings. The smallest absolute Gasteiger partial charge is 0.237 e. The van der Waals surface area contributed by atoms with Crippen LogP contribution in [-0.2, 0) is 9.53 Å². The minimum atomic E-state index is -0.683. The van der Waals surface area contributed by atoms with Gasteiger partial charge in [-0.15, -0.1) is 0 Å². The first-order valence-corrected chi connectivity index (χ1v) is 6.13.